The minimum atomic E-state index is 0.507. The van der Waals surface area contributed by atoms with Gasteiger partial charge in [0.2, 0.25) is 0 Å². The average molecular weight is 260 g/mol. The molecule has 0 aromatic heterocycles. The number of nitrogens with one attached hydrogen (secondary N) is 1. The van der Waals surface area contributed by atoms with Crippen molar-refractivity contribution in [2.45, 2.75) is 52.9 Å². The lowest BCUT2D eigenvalue weighted by Crippen LogP contribution is -2.28. The Kier molecular flexibility index (Phi) is 4.38. The predicted molar refractivity (Wildman–Crippen MR) is 84.4 cm³/mol. The molecule has 19 heavy (non-hydrogen) atoms. The van der Waals surface area contributed by atoms with Gasteiger partial charge in [-0.15, -0.1) is 0 Å². The van der Waals surface area contributed by atoms with Crippen molar-refractivity contribution in [1.82, 2.24) is 0 Å². The van der Waals surface area contributed by atoms with Crippen molar-refractivity contribution in [1.29, 1.82) is 0 Å². The summed E-state index contributed by atoms with van der Waals surface area (Å²) in [7, 11) is 0. The topological polar surface area (TPSA) is 38.0 Å². The van der Waals surface area contributed by atoms with E-state index < -0.39 is 0 Å². The molecular formula is C17H28N2. The molecule has 0 aliphatic heterocycles. The van der Waals surface area contributed by atoms with Crippen LogP contribution in [0.2, 0.25) is 0 Å². The highest BCUT2D eigenvalue weighted by atomic mass is 14.9. The summed E-state index contributed by atoms with van der Waals surface area (Å²) in [6.45, 7) is 7.87. The largest absolute Gasteiger partial charge is 0.399 e. The van der Waals surface area contributed by atoms with Gasteiger partial charge >= 0.3 is 0 Å². The molecule has 1 fully saturated rings. The SMILES string of the molecule is Cc1cc(N)cc(NCC2(CC(C)C)CCCC2)c1. The fourth-order valence-electron chi connectivity index (χ4n) is 3.65. The molecule has 0 bridgehead atoms. The molecule has 0 heterocycles. The van der Waals surface area contributed by atoms with Gasteiger partial charge in [0.25, 0.3) is 0 Å². The van der Waals surface area contributed by atoms with Gasteiger partial charge in [-0.3, -0.25) is 0 Å². The zero-order valence-electron chi connectivity index (χ0n) is 12.6. The van der Waals surface area contributed by atoms with Gasteiger partial charge in [0.1, 0.15) is 0 Å². The summed E-state index contributed by atoms with van der Waals surface area (Å²) >= 11 is 0. The van der Waals surface area contributed by atoms with Gasteiger partial charge in [-0.1, -0.05) is 26.7 Å². The molecule has 0 atom stereocenters. The first kappa shape index (κ1) is 14.2. The maximum Gasteiger partial charge on any atom is 0.0363 e. The van der Waals surface area contributed by atoms with Gasteiger partial charge in [0.15, 0.2) is 0 Å². The number of aryl methyl sites for hydroxylation is 1. The maximum absolute atomic E-state index is 5.92. The summed E-state index contributed by atoms with van der Waals surface area (Å²) in [6, 6.07) is 6.25. The summed E-state index contributed by atoms with van der Waals surface area (Å²) in [4.78, 5) is 0. The van der Waals surface area contributed by atoms with Gasteiger partial charge in [-0.25, -0.2) is 0 Å². The zero-order valence-corrected chi connectivity index (χ0v) is 12.6. The first-order valence-electron chi connectivity index (χ1n) is 7.60. The minimum Gasteiger partial charge on any atom is -0.399 e. The second kappa shape index (κ2) is 5.85. The van der Waals surface area contributed by atoms with E-state index in [-0.39, 0.29) is 0 Å². The van der Waals surface area contributed by atoms with Crippen LogP contribution in [0.25, 0.3) is 0 Å². The first-order valence-corrected chi connectivity index (χ1v) is 7.60. The predicted octanol–water partition coefficient (Wildman–Crippen LogP) is 4.60. The van der Waals surface area contributed by atoms with Crippen LogP contribution in [-0.4, -0.2) is 6.54 Å². The van der Waals surface area contributed by atoms with Crippen molar-refractivity contribution in [2.24, 2.45) is 11.3 Å². The Morgan fingerprint density at radius 1 is 1.21 bits per heavy atom. The quantitative estimate of drug-likeness (QED) is 0.760. The minimum absolute atomic E-state index is 0.507. The Morgan fingerprint density at radius 3 is 2.47 bits per heavy atom. The van der Waals surface area contributed by atoms with Crippen molar-refractivity contribution < 1.29 is 0 Å². The number of benzene rings is 1. The average Bonchev–Trinajstić information content (AvgIpc) is 2.73. The third kappa shape index (κ3) is 3.89. The maximum atomic E-state index is 5.92. The van der Waals surface area contributed by atoms with Crippen LogP contribution in [0, 0.1) is 18.3 Å². The molecule has 1 aliphatic rings. The third-order valence-electron chi connectivity index (χ3n) is 4.27. The van der Waals surface area contributed by atoms with E-state index in [9.17, 15) is 0 Å². The second-order valence-electron chi connectivity index (χ2n) is 6.79. The Morgan fingerprint density at radius 2 is 1.89 bits per heavy atom. The molecule has 1 aliphatic carbocycles. The number of hydrogen-bond acceptors (Lipinski definition) is 2. The van der Waals surface area contributed by atoms with Crippen molar-refractivity contribution in [2.75, 3.05) is 17.6 Å². The fraction of sp³-hybridized carbons (Fsp3) is 0.647. The lowest BCUT2D eigenvalue weighted by atomic mass is 9.78. The fourth-order valence-corrected chi connectivity index (χ4v) is 3.65. The molecule has 0 radical (unpaired) electrons. The van der Waals surface area contributed by atoms with E-state index >= 15 is 0 Å². The third-order valence-corrected chi connectivity index (χ3v) is 4.27. The van der Waals surface area contributed by atoms with E-state index in [1.54, 1.807) is 0 Å². The van der Waals surface area contributed by atoms with Crippen molar-refractivity contribution in [3.05, 3.63) is 23.8 Å². The molecule has 106 valence electrons. The molecule has 2 nitrogen and oxygen atoms in total. The molecule has 0 unspecified atom stereocenters. The molecule has 0 spiro atoms. The van der Waals surface area contributed by atoms with Crippen molar-refractivity contribution >= 4 is 11.4 Å². The number of anilines is 2. The van der Waals surface area contributed by atoms with Crippen molar-refractivity contribution in [3.63, 3.8) is 0 Å². The van der Waals surface area contributed by atoms with E-state index in [4.69, 9.17) is 5.73 Å². The standard InChI is InChI=1S/C17H28N2/c1-13(2)11-17(6-4-5-7-17)12-19-16-9-14(3)8-15(18)10-16/h8-10,13,19H,4-7,11-12,18H2,1-3H3. The van der Waals surface area contributed by atoms with Crippen LogP contribution in [0.1, 0.15) is 51.5 Å². The monoisotopic (exact) mass is 260 g/mol. The molecule has 2 rings (SSSR count). The highest BCUT2D eigenvalue weighted by Crippen LogP contribution is 2.43. The smallest absolute Gasteiger partial charge is 0.0363 e. The first-order chi connectivity index (χ1) is 8.99. The number of hydrogen-bond donors (Lipinski definition) is 2. The van der Waals surface area contributed by atoms with Crippen LogP contribution in [0.4, 0.5) is 11.4 Å². The normalized spacial score (nSPS) is 17.9. The van der Waals surface area contributed by atoms with Gasteiger partial charge in [0.05, 0.1) is 0 Å². The van der Waals surface area contributed by atoms with Gasteiger partial charge in [-0.2, -0.15) is 0 Å². The van der Waals surface area contributed by atoms with E-state index in [2.05, 4.69) is 32.2 Å². The van der Waals surface area contributed by atoms with E-state index in [1.165, 1.54) is 43.4 Å². The summed E-state index contributed by atoms with van der Waals surface area (Å²) in [5.74, 6) is 0.780. The Bertz CT molecular complexity index is 397. The zero-order chi connectivity index (χ0) is 13.9. The van der Waals surface area contributed by atoms with Crippen molar-refractivity contribution in [3.8, 4) is 0 Å². The summed E-state index contributed by atoms with van der Waals surface area (Å²) < 4.78 is 0. The molecular weight excluding hydrogens is 232 g/mol. The summed E-state index contributed by atoms with van der Waals surface area (Å²) in [6.07, 6.45) is 6.87. The van der Waals surface area contributed by atoms with Gasteiger partial charge in [0, 0.05) is 17.9 Å². The molecule has 0 amide bonds. The number of nitrogen functional groups attached to an aromatic ring is 1. The Hall–Kier alpha value is -1.18. The van der Waals surface area contributed by atoms with Gasteiger partial charge in [-0.05, 0) is 61.3 Å². The Balaban J connectivity index is 2.02. The van der Waals surface area contributed by atoms with E-state index in [1.807, 2.05) is 12.1 Å². The molecule has 1 aromatic carbocycles. The number of rotatable bonds is 5. The lowest BCUT2D eigenvalue weighted by Gasteiger charge is -2.31. The van der Waals surface area contributed by atoms with E-state index in [0.717, 1.165) is 18.2 Å². The highest BCUT2D eigenvalue weighted by Gasteiger charge is 2.34. The molecule has 3 N–H and O–H groups in total. The van der Waals surface area contributed by atoms with Gasteiger partial charge < -0.3 is 11.1 Å². The number of nitrogens with two attached hydrogens (primary N) is 1. The van der Waals surface area contributed by atoms with Crippen LogP contribution in [-0.2, 0) is 0 Å². The van der Waals surface area contributed by atoms with Crippen LogP contribution in [0.15, 0.2) is 18.2 Å². The summed E-state index contributed by atoms with van der Waals surface area (Å²) in [5, 5.41) is 3.63. The van der Waals surface area contributed by atoms with Crippen LogP contribution in [0.3, 0.4) is 0 Å². The second-order valence-corrected chi connectivity index (χ2v) is 6.79. The highest BCUT2D eigenvalue weighted by molar-refractivity contribution is 5.56. The lowest BCUT2D eigenvalue weighted by molar-refractivity contribution is 0.252. The summed E-state index contributed by atoms with van der Waals surface area (Å²) in [5.41, 5.74) is 9.68. The van der Waals surface area contributed by atoms with E-state index in [0.29, 0.717) is 5.41 Å². The molecule has 2 heteroatoms. The molecule has 1 aromatic rings. The molecule has 1 saturated carbocycles. The molecule has 0 saturated heterocycles. The Labute approximate surface area is 117 Å². The van der Waals surface area contributed by atoms with Crippen LogP contribution < -0.4 is 11.1 Å². The van der Waals surface area contributed by atoms with Crippen LogP contribution >= 0.6 is 0 Å². The van der Waals surface area contributed by atoms with Crippen LogP contribution in [0.5, 0.6) is 0 Å².